The van der Waals surface area contributed by atoms with E-state index < -0.39 is 0 Å². The highest BCUT2D eigenvalue weighted by atomic mass is 16.3. The van der Waals surface area contributed by atoms with Crippen LogP contribution in [0, 0.1) is 26.7 Å². The molecule has 0 atom stereocenters. The van der Waals surface area contributed by atoms with Crippen molar-refractivity contribution in [2.24, 2.45) is 5.92 Å². The predicted molar refractivity (Wildman–Crippen MR) is 110 cm³/mol. The molecule has 1 amide bonds. The third-order valence-corrected chi connectivity index (χ3v) is 5.24. The van der Waals surface area contributed by atoms with Crippen molar-refractivity contribution in [3.63, 3.8) is 0 Å². The van der Waals surface area contributed by atoms with Gasteiger partial charge in [-0.25, -0.2) is 14.6 Å². The van der Waals surface area contributed by atoms with Gasteiger partial charge < -0.3 is 14.6 Å². The van der Waals surface area contributed by atoms with E-state index in [1.54, 1.807) is 10.7 Å². The van der Waals surface area contributed by atoms with E-state index in [0.29, 0.717) is 23.2 Å². The average molecular weight is 394 g/mol. The topological polar surface area (TPSA) is 89.1 Å². The molecule has 1 aliphatic rings. The van der Waals surface area contributed by atoms with Gasteiger partial charge in [0.2, 0.25) is 5.91 Å². The fraction of sp³-hybridized carbons (Fsp3) is 0.429. The molecule has 152 valence electrons. The number of amides is 1. The highest BCUT2D eigenvalue weighted by Crippen LogP contribution is 2.24. The number of nitrogens with zero attached hydrogens (tertiary/aromatic N) is 5. The van der Waals surface area contributed by atoms with E-state index >= 15 is 0 Å². The van der Waals surface area contributed by atoms with Crippen LogP contribution in [0.5, 0.6) is 0 Å². The van der Waals surface area contributed by atoms with Gasteiger partial charge in [-0.2, -0.15) is 5.10 Å². The second kappa shape index (κ2) is 7.79. The molecule has 1 N–H and O–H groups in total. The number of nitrogens with one attached hydrogen (secondary N) is 1. The summed E-state index contributed by atoms with van der Waals surface area (Å²) in [6, 6.07) is 7.44. The van der Waals surface area contributed by atoms with Gasteiger partial charge >= 0.3 is 0 Å². The number of aromatic nitrogens is 4. The summed E-state index contributed by atoms with van der Waals surface area (Å²) in [6.45, 7) is 7.63. The number of anilines is 1. The van der Waals surface area contributed by atoms with Crippen LogP contribution in [0.4, 0.5) is 5.82 Å². The Bertz CT molecular complexity index is 1030. The number of hydrogen-bond donors (Lipinski definition) is 1. The number of aryl methyl sites for hydroxylation is 3. The van der Waals surface area contributed by atoms with Crippen LogP contribution in [0.2, 0.25) is 0 Å². The lowest BCUT2D eigenvalue weighted by Gasteiger charge is -2.27. The minimum atomic E-state index is -0.00685. The molecule has 1 saturated heterocycles. The molecule has 3 aromatic heterocycles. The Morgan fingerprint density at radius 3 is 2.52 bits per heavy atom. The van der Waals surface area contributed by atoms with Gasteiger partial charge in [0, 0.05) is 17.7 Å². The van der Waals surface area contributed by atoms with E-state index in [2.05, 4.69) is 32.3 Å². The van der Waals surface area contributed by atoms with Crippen LogP contribution < -0.4 is 5.32 Å². The van der Waals surface area contributed by atoms with Gasteiger partial charge in [0.25, 0.3) is 0 Å². The van der Waals surface area contributed by atoms with Crippen LogP contribution in [0.25, 0.3) is 17.4 Å². The van der Waals surface area contributed by atoms with E-state index in [-0.39, 0.29) is 11.8 Å². The van der Waals surface area contributed by atoms with Crippen molar-refractivity contribution >= 4 is 11.7 Å². The van der Waals surface area contributed by atoms with Crippen molar-refractivity contribution in [1.29, 1.82) is 0 Å². The van der Waals surface area contributed by atoms with E-state index in [1.165, 1.54) is 0 Å². The normalized spacial score (nSPS) is 15.6. The third-order valence-electron chi connectivity index (χ3n) is 5.24. The van der Waals surface area contributed by atoms with Crippen molar-refractivity contribution in [2.75, 3.05) is 25.5 Å². The molecule has 8 heteroatoms. The van der Waals surface area contributed by atoms with Crippen molar-refractivity contribution in [1.82, 2.24) is 24.6 Å². The molecular formula is C21H26N6O2. The molecule has 0 aromatic carbocycles. The third kappa shape index (κ3) is 4.22. The molecule has 1 aliphatic heterocycles. The predicted octanol–water partition coefficient (Wildman–Crippen LogP) is 3.13. The van der Waals surface area contributed by atoms with Gasteiger partial charge in [-0.05, 0) is 71.9 Å². The second-order valence-corrected chi connectivity index (χ2v) is 7.75. The zero-order chi connectivity index (χ0) is 20.5. The molecule has 29 heavy (non-hydrogen) atoms. The van der Waals surface area contributed by atoms with Crippen molar-refractivity contribution in [2.45, 2.75) is 33.6 Å². The number of furan rings is 1. The summed E-state index contributed by atoms with van der Waals surface area (Å²) >= 11 is 0. The summed E-state index contributed by atoms with van der Waals surface area (Å²) in [6.07, 6.45) is 1.70. The summed E-state index contributed by atoms with van der Waals surface area (Å²) in [5.74, 6) is 2.79. The van der Waals surface area contributed by atoms with Crippen molar-refractivity contribution in [3.8, 4) is 17.4 Å². The van der Waals surface area contributed by atoms with Gasteiger partial charge in [0.1, 0.15) is 11.6 Å². The molecule has 8 nitrogen and oxygen atoms in total. The minimum absolute atomic E-state index is 0.00214. The smallest absolute Gasteiger partial charge is 0.228 e. The van der Waals surface area contributed by atoms with E-state index in [0.717, 1.165) is 43.1 Å². The maximum absolute atomic E-state index is 12.8. The number of piperidine rings is 1. The number of rotatable bonds is 4. The van der Waals surface area contributed by atoms with E-state index in [9.17, 15) is 4.79 Å². The maximum Gasteiger partial charge on any atom is 0.228 e. The monoisotopic (exact) mass is 394 g/mol. The fourth-order valence-corrected chi connectivity index (χ4v) is 3.63. The molecule has 0 radical (unpaired) electrons. The maximum atomic E-state index is 12.8. The van der Waals surface area contributed by atoms with Crippen LogP contribution >= 0.6 is 0 Å². The highest BCUT2D eigenvalue weighted by Gasteiger charge is 2.24. The molecule has 3 aromatic rings. The molecule has 0 spiro atoms. The Kier molecular flexibility index (Phi) is 5.19. The summed E-state index contributed by atoms with van der Waals surface area (Å²) in [7, 11) is 2.08. The Hall–Kier alpha value is -3.00. The fourth-order valence-electron chi connectivity index (χ4n) is 3.63. The van der Waals surface area contributed by atoms with Crippen LogP contribution in [-0.4, -0.2) is 50.7 Å². The molecule has 0 unspecified atom stereocenters. The largest absolute Gasteiger partial charge is 0.458 e. The van der Waals surface area contributed by atoms with Gasteiger partial charge in [0.15, 0.2) is 17.4 Å². The van der Waals surface area contributed by atoms with Crippen LogP contribution in [-0.2, 0) is 4.79 Å². The lowest BCUT2D eigenvalue weighted by atomic mass is 9.96. The standard InChI is InChI=1S/C21H26N6O2/c1-13-11-14(2)27(25-13)19-12-18(22-20(24-19)17-6-5-15(3)29-17)23-21(28)16-7-9-26(4)10-8-16/h5-6,11-12,16H,7-10H2,1-4H3,(H,22,23,24,28). The first-order valence-corrected chi connectivity index (χ1v) is 9.88. The highest BCUT2D eigenvalue weighted by molar-refractivity contribution is 5.92. The quantitative estimate of drug-likeness (QED) is 0.731. The lowest BCUT2D eigenvalue weighted by Crippen LogP contribution is -2.36. The molecule has 0 saturated carbocycles. The summed E-state index contributed by atoms with van der Waals surface area (Å²) in [5, 5.41) is 7.50. The van der Waals surface area contributed by atoms with E-state index in [1.807, 2.05) is 39.0 Å². The average Bonchev–Trinajstić information content (AvgIpc) is 3.27. The van der Waals surface area contributed by atoms with Crippen molar-refractivity contribution in [3.05, 3.63) is 41.4 Å². The summed E-state index contributed by atoms with van der Waals surface area (Å²) in [4.78, 5) is 24.2. The molecule has 0 aliphatic carbocycles. The van der Waals surface area contributed by atoms with Gasteiger partial charge in [-0.1, -0.05) is 0 Å². The Labute approximate surface area is 170 Å². The van der Waals surface area contributed by atoms with Gasteiger partial charge in [-0.3, -0.25) is 4.79 Å². The Morgan fingerprint density at radius 2 is 1.90 bits per heavy atom. The first-order chi connectivity index (χ1) is 13.9. The molecule has 4 rings (SSSR count). The van der Waals surface area contributed by atoms with Crippen molar-refractivity contribution < 1.29 is 9.21 Å². The molecule has 1 fully saturated rings. The van der Waals surface area contributed by atoms with E-state index in [4.69, 9.17) is 4.42 Å². The molecule has 0 bridgehead atoms. The number of hydrogen-bond acceptors (Lipinski definition) is 6. The van der Waals surface area contributed by atoms with Gasteiger partial charge in [0.05, 0.1) is 5.69 Å². The first kappa shape index (κ1) is 19.3. The van der Waals surface area contributed by atoms with Gasteiger partial charge in [-0.15, -0.1) is 0 Å². The second-order valence-electron chi connectivity index (χ2n) is 7.75. The van der Waals surface area contributed by atoms with Crippen LogP contribution in [0.3, 0.4) is 0 Å². The number of carbonyl (C=O) groups excluding carboxylic acids is 1. The Morgan fingerprint density at radius 1 is 1.14 bits per heavy atom. The van der Waals surface area contributed by atoms with Crippen LogP contribution in [0.15, 0.2) is 28.7 Å². The molecular weight excluding hydrogens is 368 g/mol. The minimum Gasteiger partial charge on any atom is -0.458 e. The number of likely N-dealkylation sites (tertiary alicyclic amines) is 1. The SMILES string of the molecule is Cc1cc(C)n(-c2cc(NC(=O)C3CCN(C)CC3)nc(-c3ccc(C)o3)n2)n1. The number of carbonyl (C=O) groups is 1. The summed E-state index contributed by atoms with van der Waals surface area (Å²) < 4.78 is 7.46. The first-order valence-electron chi connectivity index (χ1n) is 9.88. The molecule has 4 heterocycles. The zero-order valence-electron chi connectivity index (χ0n) is 17.3. The summed E-state index contributed by atoms with van der Waals surface area (Å²) in [5.41, 5.74) is 1.85. The Balaban J connectivity index is 1.68. The van der Waals surface area contributed by atoms with Crippen LogP contribution in [0.1, 0.15) is 30.0 Å². The lowest BCUT2D eigenvalue weighted by molar-refractivity contribution is -0.121. The zero-order valence-corrected chi connectivity index (χ0v) is 17.3.